The predicted octanol–water partition coefficient (Wildman–Crippen LogP) is 4.06. The average molecular weight is 490 g/mol. The summed E-state index contributed by atoms with van der Waals surface area (Å²) in [5, 5.41) is 2.86. The highest BCUT2D eigenvalue weighted by Gasteiger charge is 2.26. The summed E-state index contributed by atoms with van der Waals surface area (Å²) in [6, 6.07) is 21.8. The molecule has 0 saturated heterocycles. The molecule has 4 rings (SSSR count). The summed E-state index contributed by atoms with van der Waals surface area (Å²) in [6.07, 6.45) is 0. The number of carbonyl (C=O) groups excluding carboxylic acids is 2. The molecule has 188 valence electrons. The van der Waals surface area contributed by atoms with Crippen molar-refractivity contribution in [2.45, 2.75) is 20.4 Å². The van der Waals surface area contributed by atoms with E-state index in [9.17, 15) is 9.59 Å². The summed E-state index contributed by atoms with van der Waals surface area (Å²) < 4.78 is 16.3. The van der Waals surface area contributed by atoms with Gasteiger partial charge in [-0.3, -0.25) is 9.59 Å². The van der Waals surface area contributed by atoms with Crippen LogP contribution in [0.15, 0.2) is 72.8 Å². The monoisotopic (exact) mass is 489 g/mol. The maximum Gasteiger partial charge on any atom is 0.262 e. The van der Waals surface area contributed by atoms with E-state index in [0.29, 0.717) is 48.1 Å². The quantitative estimate of drug-likeness (QED) is 0.445. The number of nitrogens with two attached hydrogens (primary N) is 1. The van der Waals surface area contributed by atoms with Gasteiger partial charge in [0.15, 0.2) is 18.1 Å². The fourth-order valence-electron chi connectivity index (χ4n) is 3.82. The van der Waals surface area contributed by atoms with Crippen molar-refractivity contribution in [2.75, 3.05) is 31.8 Å². The molecule has 0 atom stereocenters. The molecule has 3 aromatic rings. The number of fused-ring (bicyclic) bond motifs is 1. The molecule has 3 aromatic carbocycles. The third-order valence-electron chi connectivity index (χ3n) is 5.78. The lowest BCUT2D eigenvalue weighted by Gasteiger charge is -2.32. The number of para-hydroxylation sites is 1. The molecule has 36 heavy (non-hydrogen) atoms. The van der Waals surface area contributed by atoms with Crippen LogP contribution in [0.3, 0.4) is 0 Å². The van der Waals surface area contributed by atoms with Crippen LogP contribution in [-0.2, 0) is 11.3 Å². The smallest absolute Gasteiger partial charge is 0.262 e. The molecular formula is C28H31N3O5. The first-order valence-corrected chi connectivity index (χ1v) is 11.8. The van der Waals surface area contributed by atoms with Crippen molar-refractivity contribution >= 4 is 17.5 Å². The zero-order valence-electron chi connectivity index (χ0n) is 20.5. The van der Waals surface area contributed by atoms with E-state index in [2.05, 4.69) is 5.32 Å². The van der Waals surface area contributed by atoms with Crippen molar-refractivity contribution in [2.24, 2.45) is 11.1 Å². The van der Waals surface area contributed by atoms with Crippen LogP contribution in [0.2, 0.25) is 0 Å². The van der Waals surface area contributed by atoms with Crippen LogP contribution >= 0.6 is 0 Å². The number of hydrogen-bond donors (Lipinski definition) is 2. The van der Waals surface area contributed by atoms with Crippen molar-refractivity contribution in [3.63, 3.8) is 0 Å². The lowest BCUT2D eigenvalue weighted by molar-refractivity contribution is -0.118. The Labute approximate surface area is 211 Å². The van der Waals surface area contributed by atoms with Gasteiger partial charge < -0.3 is 30.2 Å². The minimum absolute atomic E-state index is 0.104. The van der Waals surface area contributed by atoms with Gasteiger partial charge in [0.1, 0.15) is 5.75 Å². The maximum absolute atomic E-state index is 13.5. The van der Waals surface area contributed by atoms with Crippen LogP contribution in [0.5, 0.6) is 17.2 Å². The first-order valence-electron chi connectivity index (χ1n) is 11.8. The van der Waals surface area contributed by atoms with Crippen LogP contribution in [0.1, 0.15) is 29.8 Å². The van der Waals surface area contributed by atoms with Gasteiger partial charge in [0.25, 0.3) is 11.8 Å². The van der Waals surface area contributed by atoms with E-state index in [1.807, 2.05) is 50.2 Å². The number of ether oxygens (including phenoxy) is 3. The number of hydrogen-bond acceptors (Lipinski definition) is 6. The normalized spacial score (nSPS) is 12.2. The van der Waals surface area contributed by atoms with Crippen molar-refractivity contribution in [1.82, 2.24) is 4.90 Å². The Morgan fingerprint density at radius 3 is 2.56 bits per heavy atom. The van der Waals surface area contributed by atoms with E-state index in [-0.39, 0.29) is 30.6 Å². The van der Waals surface area contributed by atoms with Gasteiger partial charge in [0.05, 0.1) is 0 Å². The topological polar surface area (TPSA) is 103 Å². The third-order valence-corrected chi connectivity index (χ3v) is 5.78. The molecule has 3 N–H and O–H groups in total. The zero-order valence-corrected chi connectivity index (χ0v) is 20.5. The highest BCUT2D eigenvalue weighted by Crippen LogP contribution is 2.33. The molecule has 0 aliphatic carbocycles. The number of rotatable bonds is 10. The van der Waals surface area contributed by atoms with Gasteiger partial charge in [-0.05, 0) is 60.0 Å². The summed E-state index contributed by atoms with van der Waals surface area (Å²) in [7, 11) is 0. The van der Waals surface area contributed by atoms with Crippen molar-refractivity contribution in [3.8, 4) is 17.2 Å². The SMILES string of the molecule is CC(C)(CN)CN(Cc1cccc(NC(=O)COc2ccccc2)c1)C(=O)c1ccc2c(c1)OCO2. The molecule has 0 saturated carbocycles. The van der Waals surface area contributed by atoms with Crippen LogP contribution < -0.4 is 25.3 Å². The number of nitrogens with one attached hydrogen (secondary N) is 1. The van der Waals surface area contributed by atoms with E-state index in [1.165, 1.54) is 0 Å². The van der Waals surface area contributed by atoms with Crippen LogP contribution in [0.4, 0.5) is 5.69 Å². The molecular weight excluding hydrogens is 458 g/mol. The summed E-state index contributed by atoms with van der Waals surface area (Å²) >= 11 is 0. The maximum atomic E-state index is 13.5. The molecule has 1 heterocycles. The van der Waals surface area contributed by atoms with Gasteiger partial charge in [-0.2, -0.15) is 0 Å². The second-order valence-electron chi connectivity index (χ2n) is 9.45. The molecule has 8 heteroatoms. The van der Waals surface area contributed by atoms with Gasteiger partial charge in [0, 0.05) is 24.3 Å². The summed E-state index contributed by atoms with van der Waals surface area (Å²) in [5.74, 6) is 1.40. The van der Waals surface area contributed by atoms with Gasteiger partial charge >= 0.3 is 0 Å². The van der Waals surface area contributed by atoms with E-state index in [1.54, 1.807) is 41.3 Å². The molecule has 2 amide bonds. The molecule has 0 bridgehead atoms. The minimum Gasteiger partial charge on any atom is -0.484 e. The molecule has 0 aromatic heterocycles. The second-order valence-corrected chi connectivity index (χ2v) is 9.45. The standard InChI is InChI=1S/C28H31N3O5/c1-28(2,17-29)18-31(27(33)21-11-12-24-25(14-21)36-19-35-24)15-20-7-6-8-22(13-20)30-26(32)16-34-23-9-4-3-5-10-23/h3-14H,15-19,29H2,1-2H3,(H,30,32). The highest BCUT2D eigenvalue weighted by molar-refractivity contribution is 5.95. The van der Waals surface area contributed by atoms with Crippen LogP contribution in [0.25, 0.3) is 0 Å². The zero-order chi connectivity index (χ0) is 25.5. The largest absolute Gasteiger partial charge is 0.484 e. The van der Waals surface area contributed by atoms with Gasteiger partial charge in [-0.25, -0.2) is 0 Å². The Morgan fingerprint density at radius 1 is 1.00 bits per heavy atom. The van der Waals surface area contributed by atoms with E-state index < -0.39 is 0 Å². The predicted molar refractivity (Wildman–Crippen MR) is 137 cm³/mol. The first-order chi connectivity index (χ1) is 17.3. The van der Waals surface area contributed by atoms with Gasteiger partial charge in [-0.1, -0.05) is 44.2 Å². The molecule has 0 radical (unpaired) electrons. The number of nitrogens with zero attached hydrogens (tertiary/aromatic N) is 1. The summed E-state index contributed by atoms with van der Waals surface area (Å²) in [4.78, 5) is 27.7. The Morgan fingerprint density at radius 2 is 1.78 bits per heavy atom. The van der Waals surface area contributed by atoms with E-state index >= 15 is 0 Å². The second kappa shape index (κ2) is 11.1. The Hall–Kier alpha value is -4.04. The Balaban J connectivity index is 1.46. The molecule has 0 spiro atoms. The van der Waals surface area contributed by atoms with E-state index in [4.69, 9.17) is 19.9 Å². The average Bonchev–Trinajstić information content (AvgIpc) is 3.35. The fraction of sp³-hybridized carbons (Fsp3) is 0.286. The number of benzene rings is 3. The fourth-order valence-corrected chi connectivity index (χ4v) is 3.82. The van der Waals surface area contributed by atoms with Gasteiger partial charge in [0.2, 0.25) is 6.79 Å². The van der Waals surface area contributed by atoms with Crippen LogP contribution in [-0.4, -0.2) is 43.2 Å². The molecule has 0 fully saturated rings. The first kappa shape index (κ1) is 25.1. The van der Waals surface area contributed by atoms with Crippen molar-refractivity contribution < 1.29 is 23.8 Å². The molecule has 1 aliphatic rings. The lowest BCUT2D eigenvalue weighted by Crippen LogP contribution is -2.41. The molecule has 1 aliphatic heterocycles. The van der Waals surface area contributed by atoms with Crippen molar-refractivity contribution in [1.29, 1.82) is 0 Å². The summed E-state index contributed by atoms with van der Waals surface area (Å²) in [6.45, 7) is 5.32. The Bertz CT molecular complexity index is 1210. The lowest BCUT2D eigenvalue weighted by atomic mass is 9.92. The number of amides is 2. The Kier molecular flexibility index (Phi) is 7.75. The minimum atomic E-state index is -0.285. The highest BCUT2D eigenvalue weighted by atomic mass is 16.7. The van der Waals surface area contributed by atoms with Gasteiger partial charge in [-0.15, -0.1) is 0 Å². The van der Waals surface area contributed by atoms with Crippen LogP contribution in [0, 0.1) is 5.41 Å². The number of carbonyl (C=O) groups is 2. The molecule has 0 unspecified atom stereocenters. The summed E-state index contributed by atoms with van der Waals surface area (Å²) in [5.41, 5.74) is 7.70. The third kappa shape index (κ3) is 6.55. The number of anilines is 1. The van der Waals surface area contributed by atoms with E-state index in [0.717, 1.165) is 5.56 Å². The molecule has 8 nitrogen and oxygen atoms in total. The van der Waals surface area contributed by atoms with Crippen molar-refractivity contribution in [3.05, 3.63) is 83.9 Å².